The maximum atomic E-state index is 11.7. The maximum absolute atomic E-state index is 11.7. The lowest BCUT2D eigenvalue weighted by Crippen LogP contribution is -2.50. The Morgan fingerprint density at radius 3 is 2.23 bits per heavy atom. The van der Waals surface area contributed by atoms with Gasteiger partial charge in [0.25, 0.3) is 0 Å². The summed E-state index contributed by atoms with van der Waals surface area (Å²) in [6, 6.07) is 19.8. The van der Waals surface area contributed by atoms with Crippen molar-refractivity contribution >= 4 is 23.7 Å². The molecule has 0 spiro atoms. The molecule has 0 radical (unpaired) electrons. The number of rotatable bonds is 9. The van der Waals surface area contributed by atoms with Gasteiger partial charge in [0.15, 0.2) is 12.4 Å². The zero-order valence-electron chi connectivity index (χ0n) is 17.8. The first kappa shape index (κ1) is 23.3. The summed E-state index contributed by atoms with van der Waals surface area (Å²) in [5.41, 5.74) is 2.18. The lowest BCUT2D eigenvalue weighted by molar-refractivity contribution is -0.254. The van der Waals surface area contributed by atoms with Crippen molar-refractivity contribution in [1.29, 1.82) is 0 Å². The van der Waals surface area contributed by atoms with Gasteiger partial charge in [0.05, 0.1) is 6.61 Å². The van der Waals surface area contributed by atoms with Gasteiger partial charge in [-0.1, -0.05) is 60.7 Å². The van der Waals surface area contributed by atoms with Crippen molar-refractivity contribution in [2.45, 2.75) is 56.4 Å². The molecule has 0 aromatic heterocycles. The molecule has 6 nitrogen and oxygen atoms in total. The summed E-state index contributed by atoms with van der Waals surface area (Å²) in [7, 11) is 0. The van der Waals surface area contributed by atoms with Gasteiger partial charge in [-0.15, -0.1) is 0 Å². The summed E-state index contributed by atoms with van der Waals surface area (Å²) in [4.78, 5) is 23.1. The summed E-state index contributed by atoms with van der Waals surface area (Å²) >= 11 is 1.69. The van der Waals surface area contributed by atoms with Crippen LogP contribution in [0.15, 0.2) is 60.7 Å². The molecular formula is C24H28O6S. The topological polar surface area (TPSA) is 71.1 Å². The second kappa shape index (κ2) is 11.9. The van der Waals surface area contributed by atoms with E-state index in [1.165, 1.54) is 19.4 Å². The van der Waals surface area contributed by atoms with Crippen molar-refractivity contribution in [2.75, 3.05) is 6.61 Å². The molecule has 2 aromatic rings. The van der Waals surface area contributed by atoms with Gasteiger partial charge < -0.3 is 18.9 Å². The third-order valence-corrected chi connectivity index (χ3v) is 6.25. The minimum Gasteiger partial charge on any atom is -0.463 e. The molecule has 31 heavy (non-hydrogen) atoms. The van der Waals surface area contributed by atoms with Crippen LogP contribution >= 0.6 is 11.8 Å². The molecule has 1 aliphatic rings. The van der Waals surface area contributed by atoms with Crippen molar-refractivity contribution in [1.82, 2.24) is 0 Å². The van der Waals surface area contributed by atoms with Crippen molar-refractivity contribution in [2.24, 2.45) is 0 Å². The van der Waals surface area contributed by atoms with Crippen LogP contribution in [0.2, 0.25) is 0 Å². The lowest BCUT2D eigenvalue weighted by atomic mass is 10.1. The maximum Gasteiger partial charge on any atom is 0.303 e. The summed E-state index contributed by atoms with van der Waals surface area (Å²) in [6.45, 7) is 3.20. The van der Waals surface area contributed by atoms with Gasteiger partial charge in [-0.3, -0.25) is 9.59 Å². The Morgan fingerprint density at radius 1 is 0.968 bits per heavy atom. The molecule has 1 heterocycles. The third-order valence-electron chi connectivity index (χ3n) is 4.82. The minimum atomic E-state index is -0.738. The van der Waals surface area contributed by atoms with Crippen molar-refractivity contribution in [3.8, 4) is 0 Å². The summed E-state index contributed by atoms with van der Waals surface area (Å²) in [5.74, 6) is 0.0275. The molecule has 0 aliphatic carbocycles. The van der Waals surface area contributed by atoms with E-state index in [1.54, 1.807) is 11.8 Å². The predicted octanol–water partition coefficient (Wildman–Crippen LogP) is 4.12. The first-order valence-corrected chi connectivity index (χ1v) is 11.3. The van der Waals surface area contributed by atoms with Gasteiger partial charge in [0, 0.05) is 31.3 Å². The fourth-order valence-corrected chi connectivity index (χ4v) is 4.64. The summed E-state index contributed by atoms with van der Waals surface area (Å²) < 4.78 is 22.9. The number of hydrogen-bond acceptors (Lipinski definition) is 7. The van der Waals surface area contributed by atoms with E-state index < -0.39 is 12.4 Å². The number of hydrogen-bond donors (Lipinski definition) is 0. The minimum absolute atomic E-state index is 0.0273. The fourth-order valence-electron chi connectivity index (χ4n) is 3.35. The standard InChI is InChI=1S/C24H28O6S/c1-17(25)27-15-22-23(31-16-20-11-7-4-8-12-20)13-21(29-18(2)26)24(30-22)28-14-19-9-5-3-6-10-19/h3-12,21-24H,13-16H2,1-2H3/t21-,22-,23-,24+/m1/s1. The van der Waals surface area contributed by atoms with Crippen LogP contribution in [0, 0.1) is 0 Å². The van der Waals surface area contributed by atoms with E-state index in [0.717, 1.165) is 11.3 Å². The lowest BCUT2D eigenvalue weighted by Gasteiger charge is -2.40. The van der Waals surface area contributed by atoms with E-state index in [4.69, 9.17) is 18.9 Å². The number of carbonyl (C=O) groups is 2. The van der Waals surface area contributed by atoms with E-state index in [-0.39, 0.29) is 29.9 Å². The zero-order chi connectivity index (χ0) is 22.1. The number of esters is 2. The molecule has 0 N–H and O–H groups in total. The Bertz CT molecular complexity index is 828. The van der Waals surface area contributed by atoms with E-state index in [0.29, 0.717) is 13.0 Å². The van der Waals surface area contributed by atoms with Gasteiger partial charge >= 0.3 is 11.9 Å². The second-order valence-corrected chi connectivity index (χ2v) is 8.59. The average Bonchev–Trinajstić information content (AvgIpc) is 2.77. The molecule has 166 valence electrons. The molecule has 0 amide bonds. The highest BCUT2D eigenvalue weighted by Gasteiger charge is 2.41. The highest BCUT2D eigenvalue weighted by Crippen LogP contribution is 2.34. The summed E-state index contributed by atoms with van der Waals surface area (Å²) in [5, 5.41) is -0.0273. The molecule has 1 aliphatic heterocycles. The number of thioether (sulfide) groups is 1. The quantitative estimate of drug-likeness (QED) is 0.539. The van der Waals surface area contributed by atoms with Crippen LogP contribution in [0.25, 0.3) is 0 Å². The van der Waals surface area contributed by atoms with E-state index in [2.05, 4.69) is 12.1 Å². The Labute approximate surface area is 187 Å². The van der Waals surface area contributed by atoms with Crippen molar-refractivity contribution < 1.29 is 28.5 Å². The molecular weight excluding hydrogens is 416 g/mol. The molecule has 0 bridgehead atoms. The van der Waals surface area contributed by atoms with E-state index >= 15 is 0 Å². The SMILES string of the molecule is CC(=O)OC[C@H]1O[C@H](OCc2ccccc2)[C@H](OC(C)=O)C[C@H]1SCc1ccccc1. The fraction of sp³-hybridized carbons (Fsp3) is 0.417. The largest absolute Gasteiger partial charge is 0.463 e. The molecule has 2 aromatic carbocycles. The van der Waals surface area contributed by atoms with Crippen LogP contribution in [0.3, 0.4) is 0 Å². The van der Waals surface area contributed by atoms with Crippen LogP contribution in [-0.4, -0.2) is 42.3 Å². The molecule has 1 fully saturated rings. The highest BCUT2D eigenvalue weighted by molar-refractivity contribution is 7.99. The molecule has 0 unspecified atom stereocenters. The number of ether oxygens (including phenoxy) is 4. The number of benzene rings is 2. The molecule has 3 rings (SSSR count). The Balaban J connectivity index is 1.70. The van der Waals surface area contributed by atoms with Gasteiger partial charge in [0.1, 0.15) is 12.7 Å². The van der Waals surface area contributed by atoms with Gasteiger partial charge in [0.2, 0.25) is 0 Å². The van der Waals surface area contributed by atoms with E-state index in [9.17, 15) is 9.59 Å². The van der Waals surface area contributed by atoms with Crippen molar-refractivity contribution in [3.05, 3.63) is 71.8 Å². The van der Waals surface area contributed by atoms with Crippen LogP contribution in [-0.2, 0) is 40.9 Å². The third kappa shape index (κ3) is 7.69. The van der Waals surface area contributed by atoms with Crippen molar-refractivity contribution in [3.63, 3.8) is 0 Å². The van der Waals surface area contributed by atoms with Crippen LogP contribution < -0.4 is 0 Å². The van der Waals surface area contributed by atoms with E-state index in [1.807, 2.05) is 48.5 Å². The van der Waals surface area contributed by atoms with Crippen LogP contribution in [0.4, 0.5) is 0 Å². The Hall–Kier alpha value is -2.35. The number of carbonyl (C=O) groups excluding carboxylic acids is 2. The Morgan fingerprint density at radius 2 is 1.61 bits per heavy atom. The summed E-state index contributed by atoms with van der Waals surface area (Å²) in [6.07, 6.45) is -1.10. The van der Waals surface area contributed by atoms with Crippen LogP contribution in [0.1, 0.15) is 31.4 Å². The van der Waals surface area contributed by atoms with Crippen LogP contribution in [0.5, 0.6) is 0 Å². The van der Waals surface area contributed by atoms with Gasteiger partial charge in [-0.25, -0.2) is 0 Å². The molecule has 7 heteroatoms. The van der Waals surface area contributed by atoms with Gasteiger partial charge in [-0.05, 0) is 11.1 Å². The second-order valence-electron chi connectivity index (χ2n) is 7.36. The smallest absolute Gasteiger partial charge is 0.303 e. The Kier molecular flexibility index (Phi) is 8.94. The monoisotopic (exact) mass is 444 g/mol. The molecule has 0 saturated carbocycles. The average molecular weight is 445 g/mol. The first-order valence-electron chi connectivity index (χ1n) is 10.3. The zero-order valence-corrected chi connectivity index (χ0v) is 18.6. The normalized spacial score (nSPS) is 23.2. The first-order chi connectivity index (χ1) is 15.0. The molecule has 1 saturated heterocycles. The molecule has 4 atom stereocenters. The highest BCUT2D eigenvalue weighted by atomic mass is 32.2. The predicted molar refractivity (Wildman–Crippen MR) is 118 cm³/mol. The van der Waals surface area contributed by atoms with Gasteiger partial charge in [-0.2, -0.15) is 11.8 Å².